The van der Waals surface area contributed by atoms with Gasteiger partial charge in [0.15, 0.2) is 0 Å². The lowest BCUT2D eigenvalue weighted by atomic mass is 9.77. The third-order valence-corrected chi connectivity index (χ3v) is 3.56. The molecule has 3 nitrogen and oxygen atoms in total. The van der Waals surface area contributed by atoms with Gasteiger partial charge in [-0.1, -0.05) is 36.8 Å². The van der Waals surface area contributed by atoms with Crippen LogP contribution >= 0.6 is 0 Å². The third kappa shape index (κ3) is 2.72. The highest BCUT2D eigenvalue weighted by Crippen LogP contribution is 2.38. The third-order valence-electron chi connectivity index (χ3n) is 3.56. The molecule has 0 amide bonds. The van der Waals surface area contributed by atoms with Gasteiger partial charge in [-0.05, 0) is 18.9 Å². The van der Waals surface area contributed by atoms with E-state index in [4.69, 9.17) is 9.47 Å². The Hall–Kier alpha value is -1.35. The van der Waals surface area contributed by atoms with Gasteiger partial charge in [0.05, 0.1) is 26.2 Å². The zero-order valence-corrected chi connectivity index (χ0v) is 11.2. The molecule has 1 saturated heterocycles. The van der Waals surface area contributed by atoms with E-state index in [1.807, 2.05) is 31.2 Å². The molecule has 1 unspecified atom stereocenters. The lowest BCUT2D eigenvalue weighted by Gasteiger charge is -2.40. The Bertz CT molecular complexity index is 418. The maximum Gasteiger partial charge on any atom is 0.313 e. The van der Waals surface area contributed by atoms with Crippen LogP contribution in [0, 0.1) is 12.3 Å². The van der Waals surface area contributed by atoms with Gasteiger partial charge < -0.3 is 9.47 Å². The molecule has 1 atom stereocenters. The molecular formula is C15H20O3. The van der Waals surface area contributed by atoms with Gasteiger partial charge >= 0.3 is 5.97 Å². The molecule has 2 rings (SSSR count). The summed E-state index contributed by atoms with van der Waals surface area (Å²) in [6, 6.07) is 8.09. The second kappa shape index (κ2) is 5.11. The Morgan fingerprint density at radius 1 is 1.39 bits per heavy atom. The molecule has 0 aliphatic carbocycles. The largest absolute Gasteiger partial charge is 0.469 e. The van der Waals surface area contributed by atoms with Crippen molar-refractivity contribution in [1.29, 1.82) is 0 Å². The van der Waals surface area contributed by atoms with Crippen molar-refractivity contribution in [3.63, 3.8) is 0 Å². The number of carbonyl (C=O) groups is 1. The minimum Gasteiger partial charge on any atom is -0.469 e. The van der Waals surface area contributed by atoms with E-state index in [1.54, 1.807) is 0 Å². The van der Waals surface area contributed by atoms with Gasteiger partial charge in [-0.2, -0.15) is 0 Å². The Labute approximate surface area is 108 Å². The molecule has 1 fully saturated rings. The second-order valence-electron chi connectivity index (χ2n) is 5.49. The zero-order valence-electron chi connectivity index (χ0n) is 11.2. The van der Waals surface area contributed by atoms with Crippen molar-refractivity contribution >= 4 is 5.97 Å². The Morgan fingerprint density at radius 2 is 2.00 bits per heavy atom. The Balaban J connectivity index is 2.19. The van der Waals surface area contributed by atoms with Gasteiger partial charge in [-0.3, -0.25) is 4.79 Å². The molecule has 3 heteroatoms. The predicted molar refractivity (Wildman–Crippen MR) is 69.5 cm³/mol. The molecule has 0 aromatic heterocycles. The van der Waals surface area contributed by atoms with Gasteiger partial charge in [0, 0.05) is 5.41 Å². The molecular weight excluding hydrogens is 228 g/mol. The van der Waals surface area contributed by atoms with E-state index in [1.165, 1.54) is 12.7 Å². The highest BCUT2D eigenvalue weighted by atomic mass is 16.5. The average molecular weight is 248 g/mol. The second-order valence-corrected chi connectivity index (χ2v) is 5.49. The number of hydrogen-bond donors (Lipinski definition) is 0. The number of carbonyl (C=O) groups excluding carboxylic acids is 1. The standard InChI is InChI=1S/C15H20O3/c1-11-4-6-12(7-5-11)13(14(16)17-3)8-15(2)9-18-10-15/h4-7,13H,8-10H2,1-3H3. The fourth-order valence-corrected chi connectivity index (χ4v) is 2.34. The van der Waals surface area contributed by atoms with Crippen LogP contribution < -0.4 is 0 Å². The van der Waals surface area contributed by atoms with E-state index in [0.29, 0.717) is 0 Å². The van der Waals surface area contributed by atoms with Crippen LogP contribution in [0.4, 0.5) is 0 Å². The van der Waals surface area contributed by atoms with Crippen LogP contribution in [-0.2, 0) is 14.3 Å². The van der Waals surface area contributed by atoms with Crippen LogP contribution in [0.3, 0.4) is 0 Å². The molecule has 98 valence electrons. The number of hydrogen-bond acceptors (Lipinski definition) is 3. The van der Waals surface area contributed by atoms with Crippen LogP contribution in [0.1, 0.15) is 30.4 Å². The van der Waals surface area contributed by atoms with E-state index in [-0.39, 0.29) is 17.3 Å². The summed E-state index contributed by atoms with van der Waals surface area (Å²) >= 11 is 0. The molecule has 1 aliphatic heterocycles. The molecule has 1 aliphatic rings. The number of benzene rings is 1. The van der Waals surface area contributed by atoms with E-state index in [0.717, 1.165) is 25.2 Å². The summed E-state index contributed by atoms with van der Waals surface area (Å²) in [5.74, 6) is -0.350. The average Bonchev–Trinajstić information content (AvgIpc) is 2.34. The lowest BCUT2D eigenvalue weighted by molar-refractivity contribution is -0.148. The fourth-order valence-electron chi connectivity index (χ4n) is 2.34. The lowest BCUT2D eigenvalue weighted by Crippen LogP contribution is -2.42. The SMILES string of the molecule is COC(=O)C(CC1(C)COC1)c1ccc(C)cc1. The summed E-state index contributed by atoms with van der Waals surface area (Å²) in [6.45, 7) is 5.65. The van der Waals surface area contributed by atoms with Gasteiger partial charge in [0.1, 0.15) is 0 Å². The van der Waals surface area contributed by atoms with Crippen LogP contribution in [-0.4, -0.2) is 26.3 Å². The fraction of sp³-hybridized carbons (Fsp3) is 0.533. The normalized spacial score (nSPS) is 18.8. The number of ether oxygens (including phenoxy) is 2. The molecule has 0 N–H and O–H groups in total. The van der Waals surface area contributed by atoms with E-state index < -0.39 is 0 Å². The van der Waals surface area contributed by atoms with Crippen LogP contribution in [0.2, 0.25) is 0 Å². The molecule has 0 radical (unpaired) electrons. The summed E-state index contributed by atoms with van der Waals surface area (Å²) in [5, 5.41) is 0. The van der Waals surface area contributed by atoms with Crippen molar-refractivity contribution in [3.8, 4) is 0 Å². The van der Waals surface area contributed by atoms with Crippen LogP contribution in [0.5, 0.6) is 0 Å². The molecule has 1 aromatic rings. The molecule has 1 aromatic carbocycles. The molecule has 0 bridgehead atoms. The summed E-state index contributed by atoms with van der Waals surface area (Å²) < 4.78 is 10.2. The monoisotopic (exact) mass is 248 g/mol. The molecule has 18 heavy (non-hydrogen) atoms. The maximum absolute atomic E-state index is 12.0. The predicted octanol–water partition coefficient (Wildman–Crippen LogP) is 2.68. The maximum atomic E-state index is 12.0. The summed E-state index contributed by atoms with van der Waals surface area (Å²) in [4.78, 5) is 12.0. The summed E-state index contributed by atoms with van der Waals surface area (Å²) in [5.41, 5.74) is 2.32. The van der Waals surface area contributed by atoms with E-state index >= 15 is 0 Å². The van der Waals surface area contributed by atoms with E-state index in [2.05, 4.69) is 6.92 Å². The number of aryl methyl sites for hydroxylation is 1. The van der Waals surface area contributed by atoms with Gasteiger partial charge in [0.2, 0.25) is 0 Å². The number of rotatable bonds is 4. The highest BCUT2D eigenvalue weighted by molar-refractivity contribution is 5.78. The first-order valence-corrected chi connectivity index (χ1v) is 6.26. The first-order chi connectivity index (χ1) is 8.54. The quantitative estimate of drug-likeness (QED) is 0.768. The molecule has 1 heterocycles. The zero-order chi connectivity index (χ0) is 13.2. The first-order valence-electron chi connectivity index (χ1n) is 6.26. The molecule has 0 saturated carbocycles. The Kier molecular flexibility index (Phi) is 3.71. The van der Waals surface area contributed by atoms with Crippen molar-refractivity contribution in [1.82, 2.24) is 0 Å². The number of esters is 1. The smallest absolute Gasteiger partial charge is 0.313 e. The first kappa shape index (κ1) is 13.1. The van der Waals surface area contributed by atoms with Crippen molar-refractivity contribution in [2.24, 2.45) is 5.41 Å². The van der Waals surface area contributed by atoms with Gasteiger partial charge in [-0.15, -0.1) is 0 Å². The van der Waals surface area contributed by atoms with Crippen molar-refractivity contribution in [3.05, 3.63) is 35.4 Å². The molecule has 0 spiro atoms. The van der Waals surface area contributed by atoms with Crippen molar-refractivity contribution < 1.29 is 14.3 Å². The van der Waals surface area contributed by atoms with Crippen LogP contribution in [0.25, 0.3) is 0 Å². The van der Waals surface area contributed by atoms with Crippen molar-refractivity contribution in [2.75, 3.05) is 20.3 Å². The summed E-state index contributed by atoms with van der Waals surface area (Å²) in [7, 11) is 1.45. The Morgan fingerprint density at radius 3 is 2.44 bits per heavy atom. The van der Waals surface area contributed by atoms with E-state index in [9.17, 15) is 4.79 Å². The van der Waals surface area contributed by atoms with Gasteiger partial charge in [-0.25, -0.2) is 0 Å². The minimum atomic E-state index is -0.190. The minimum absolute atomic E-state index is 0.101. The van der Waals surface area contributed by atoms with Gasteiger partial charge in [0.25, 0.3) is 0 Å². The topological polar surface area (TPSA) is 35.5 Å². The van der Waals surface area contributed by atoms with Crippen LogP contribution in [0.15, 0.2) is 24.3 Å². The highest BCUT2D eigenvalue weighted by Gasteiger charge is 2.38. The summed E-state index contributed by atoms with van der Waals surface area (Å²) in [6.07, 6.45) is 0.780. The number of methoxy groups -OCH3 is 1. The van der Waals surface area contributed by atoms with Crippen molar-refractivity contribution in [2.45, 2.75) is 26.2 Å².